The molecule has 0 fully saturated rings. The van der Waals surface area contributed by atoms with Gasteiger partial charge in [-0.05, 0) is 12.1 Å². The molecule has 0 amide bonds. The fraction of sp³-hybridized carbons (Fsp3) is 0.100. The molecule has 0 aliphatic heterocycles. The summed E-state index contributed by atoms with van der Waals surface area (Å²) in [5.74, 6) is -0.293. The molecule has 1 N–H and O–H groups in total. The summed E-state index contributed by atoms with van der Waals surface area (Å²) in [6, 6.07) is 6.34. The molecule has 0 aromatic heterocycles. The number of para-hydroxylation sites is 1. The summed E-state index contributed by atoms with van der Waals surface area (Å²) in [5, 5.41) is 9.28. The Morgan fingerprint density at radius 3 is 2.85 bits per heavy atom. The van der Waals surface area contributed by atoms with Crippen LogP contribution in [0.5, 0.6) is 5.75 Å². The van der Waals surface area contributed by atoms with Gasteiger partial charge in [-0.25, -0.2) is 0 Å². The maximum absolute atomic E-state index is 11.3. The Hall–Kier alpha value is -1.77. The topological polar surface area (TPSA) is 46.5 Å². The summed E-state index contributed by atoms with van der Waals surface area (Å²) in [6.07, 6.45) is 1.19. The van der Waals surface area contributed by atoms with Crippen molar-refractivity contribution in [1.82, 2.24) is 0 Å². The SMILES string of the molecule is C=COCC(=O)c1ccccc1O. The van der Waals surface area contributed by atoms with Gasteiger partial charge in [0.15, 0.2) is 6.61 Å². The van der Waals surface area contributed by atoms with Crippen molar-refractivity contribution in [3.8, 4) is 5.75 Å². The van der Waals surface area contributed by atoms with Crippen molar-refractivity contribution >= 4 is 5.78 Å². The smallest absolute Gasteiger partial charge is 0.203 e. The lowest BCUT2D eigenvalue weighted by Gasteiger charge is -2.02. The maximum Gasteiger partial charge on any atom is 0.203 e. The largest absolute Gasteiger partial charge is 0.507 e. The Labute approximate surface area is 76.3 Å². The molecule has 1 aromatic carbocycles. The second-order valence-electron chi connectivity index (χ2n) is 2.42. The van der Waals surface area contributed by atoms with Gasteiger partial charge in [-0.1, -0.05) is 18.7 Å². The van der Waals surface area contributed by atoms with Gasteiger partial charge in [-0.2, -0.15) is 0 Å². The quantitative estimate of drug-likeness (QED) is 0.564. The molecule has 3 heteroatoms. The van der Waals surface area contributed by atoms with Crippen molar-refractivity contribution in [3.05, 3.63) is 42.7 Å². The fourth-order valence-corrected chi connectivity index (χ4v) is 0.922. The maximum atomic E-state index is 11.3. The number of Topliss-reactive ketones (excluding diaryl/α,β-unsaturated/α-hetero) is 1. The highest BCUT2D eigenvalue weighted by Crippen LogP contribution is 2.15. The highest BCUT2D eigenvalue weighted by Gasteiger charge is 2.09. The van der Waals surface area contributed by atoms with Gasteiger partial charge in [0.1, 0.15) is 5.75 Å². The lowest BCUT2D eigenvalue weighted by atomic mass is 10.1. The van der Waals surface area contributed by atoms with E-state index < -0.39 is 0 Å². The zero-order chi connectivity index (χ0) is 9.68. The Morgan fingerprint density at radius 1 is 1.54 bits per heavy atom. The number of ketones is 1. The predicted molar refractivity (Wildman–Crippen MR) is 48.6 cm³/mol. The molecular weight excluding hydrogens is 168 g/mol. The predicted octanol–water partition coefficient (Wildman–Crippen LogP) is 1.73. The van der Waals surface area contributed by atoms with Crippen LogP contribution in [0.15, 0.2) is 37.1 Å². The van der Waals surface area contributed by atoms with Crippen LogP contribution >= 0.6 is 0 Å². The Morgan fingerprint density at radius 2 is 2.23 bits per heavy atom. The van der Waals surface area contributed by atoms with Gasteiger partial charge in [0.2, 0.25) is 5.78 Å². The number of ether oxygens (including phenoxy) is 1. The molecule has 0 spiro atoms. The highest BCUT2D eigenvalue weighted by molar-refractivity contribution is 5.99. The summed E-state index contributed by atoms with van der Waals surface area (Å²) in [5.41, 5.74) is 0.268. The zero-order valence-electron chi connectivity index (χ0n) is 7.06. The van der Waals surface area contributed by atoms with Crippen molar-refractivity contribution in [2.75, 3.05) is 6.61 Å². The molecule has 0 aliphatic carbocycles. The molecular formula is C10H10O3. The number of rotatable bonds is 4. The standard InChI is InChI=1S/C10H10O3/c1-2-13-7-10(12)8-5-3-4-6-9(8)11/h2-6,11H,1,7H2. The fourth-order valence-electron chi connectivity index (χ4n) is 0.922. The minimum atomic E-state index is -0.266. The van der Waals surface area contributed by atoms with Crippen LogP contribution in [0.2, 0.25) is 0 Å². The first-order valence-corrected chi connectivity index (χ1v) is 3.79. The van der Waals surface area contributed by atoms with Crippen molar-refractivity contribution in [2.24, 2.45) is 0 Å². The van der Waals surface area contributed by atoms with E-state index in [0.717, 1.165) is 0 Å². The van der Waals surface area contributed by atoms with Crippen LogP contribution in [0.25, 0.3) is 0 Å². The van der Waals surface area contributed by atoms with Crippen LogP contribution in [0, 0.1) is 0 Å². The van der Waals surface area contributed by atoms with E-state index in [9.17, 15) is 9.90 Å². The average Bonchev–Trinajstić information content (AvgIpc) is 2.15. The van der Waals surface area contributed by atoms with E-state index in [1.165, 1.54) is 12.3 Å². The Kier molecular flexibility index (Phi) is 3.09. The molecule has 1 rings (SSSR count). The monoisotopic (exact) mass is 178 g/mol. The molecule has 0 saturated heterocycles. The minimum Gasteiger partial charge on any atom is -0.507 e. The third-order valence-corrected chi connectivity index (χ3v) is 1.54. The van der Waals surface area contributed by atoms with Gasteiger partial charge in [0, 0.05) is 0 Å². The Bertz CT molecular complexity index is 318. The van der Waals surface area contributed by atoms with Crippen molar-refractivity contribution in [1.29, 1.82) is 0 Å². The van der Waals surface area contributed by atoms with E-state index in [-0.39, 0.29) is 23.7 Å². The molecule has 68 valence electrons. The minimum absolute atomic E-state index is 0.0276. The van der Waals surface area contributed by atoms with Crippen LogP contribution in [0.1, 0.15) is 10.4 Å². The molecule has 0 atom stereocenters. The van der Waals surface area contributed by atoms with E-state index in [4.69, 9.17) is 4.74 Å². The number of phenolic OH excluding ortho intramolecular Hbond substituents is 1. The lowest BCUT2D eigenvalue weighted by Crippen LogP contribution is -2.06. The van der Waals surface area contributed by atoms with Crippen LogP contribution in [0.4, 0.5) is 0 Å². The van der Waals surface area contributed by atoms with Crippen LogP contribution in [-0.4, -0.2) is 17.5 Å². The average molecular weight is 178 g/mol. The van der Waals surface area contributed by atoms with Crippen LogP contribution in [0.3, 0.4) is 0 Å². The molecule has 0 heterocycles. The van der Waals surface area contributed by atoms with Crippen LogP contribution < -0.4 is 0 Å². The molecule has 0 aliphatic rings. The normalized spacial score (nSPS) is 9.23. The number of phenols is 1. The third-order valence-electron chi connectivity index (χ3n) is 1.54. The number of carbonyl (C=O) groups excluding carboxylic acids is 1. The van der Waals surface area contributed by atoms with Gasteiger partial charge >= 0.3 is 0 Å². The molecule has 13 heavy (non-hydrogen) atoms. The van der Waals surface area contributed by atoms with E-state index in [1.807, 2.05) is 0 Å². The molecule has 0 radical (unpaired) electrons. The third kappa shape index (κ3) is 2.33. The Balaban J connectivity index is 2.76. The van der Waals surface area contributed by atoms with Gasteiger partial charge in [-0.15, -0.1) is 0 Å². The zero-order valence-corrected chi connectivity index (χ0v) is 7.06. The number of hydrogen-bond acceptors (Lipinski definition) is 3. The number of benzene rings is 1. The van der Waals surface area contributed by atoms with E-state index in [2.05, 4.69) is 6.58 Å². The number of aromatic hydroxyl groups is 1. The first-order valence-electron chi connectivity index (χ1n) is 3.79. The van der Waals surface area contributed by atoms with Crippen molar-refractivity contribution < 1.29 is 14.6 Å². The lowest BCUT2D eigenvalue weighted by molar-refractivity contribution is 0.0884. The summed E-state index contributed by atoms with van der Waals surface area (Å²) >= 11 is 0. The van der Waals surface area contributed by atoms with Gasteiger partial charge in [-0.3, -0.25) is 4.79 Å². The van der Waals surface area contributed by atoms with Gasteiger partial charge in [0.25, 0.3) is 0 Å². The number of carbonyl (C=O) groups is 1. The van der Waals surface area contributed by atoms with E-state index >= 15 is 0 Å². The molecule has 3 nitrogen and oxygen atoms in total. The first-order chi connectivity index (χ1) is 6.25. The molecule has 1 aromatic rings. The van der Waals surface area contributed by atoms with Crippen LogP contribution in [-0.2, 0) is 4.74 Å². The van der Waals surface area contributed by atoms with Crippen molar-refractivity contribution in [2.45, 2.75) is 0 Å². The molecule has 0 unspecified atom stereocenters. The van der Waals surface area contributed by atoms with E-state index in [1.54, 1.807) is 18.2 Å². The number of hydrogen-bond donors (Lipinski definition) is 1. The van der Waals surface area contributed by atoms with Crippen molar-refractivity contribution in [3.63, 3.8) is 0 Å². The second kappa shape index (κ2) is 4.30. The van der Waals surface area contributed by atoms with Gasteiger partial charge < -0.3 is 9.84 Å². The first kappa shape index (κ1) is 9.32. The highest BCUT2D eigenvalue weighted by atomic mass is 16.5. The summed E-state index contributed by atoms with van der Waals surface area (Å²) < 4.78 is 4.71. The van der Waals surface area contributed by atoms with Gasteiger partial charge in [0.05, 0.1) is 11.8 Å². The summed E-state index contributed by atoms with van der Waals surface area (Å²) in [4.78, 5) is 11.3. The summed E-state index contributed by atoms with van der Waals surface area (Å²) in [7, 11) is 0. The summed E-state index contributed by atoms with van der Waals surface area (Å²) in [6.45, 7) is 3.22. The van der Waals surface area contributed by atoms with E-state index in [0.29, 0.717) is 0 Å². The second-order valence-corrected chi connectivity index (χ2v) is 2.42. The molecule has 0 saturated carbocycles. The molecule has 0 bridgehead atoms.